The van der Waals surface area contributed by atoms with Gasteiger partial charge in [0.05, 0.1) is 5.71 Å². The summed E-state index contributed by atoms with van der Waals surface area (Å²) >= 11 is 3.53. The zero-order valence-corrected chi connectivity index (χ0v) is 10.1. The van der Waals surface area contributed by atoms with E-state index >= 15 is 0 Å². The highest BCUT2D eigenvalue weighted by atomic mass is 79.9. The minimum atomic E-state index is 0.0354. The lowest BCUT2D eigenvalue weighted by Gasteiger charge is -2.04. The van der Waals surface area contributed by atoms with Crippen LogP contribution in [-0.2, 0) is 4.84 Å². The van der Waals surface area contributed by atoms with E-state index in [9.17, 15) is 0 Å². The zero-order valence-electron chi connectivity index (χ0n) is 8.53. The van der Waals surface area contributed by atoms with E-state index in [0.29, 0.717) is 6.54 Å². The normalized spacial score (nSPS) is 19.9. The van der Waals surface area contributed by atoms with Crippen LogP contribution in [0.3, 0.4) is 0 Å². The summed E-state index contributed by atoms with van der Waals surface area (Å²) in [6, 6.07) is 6.20. The summed E-state index contributed by atoms with van der Waals surface area (Å²) in [7, 11) is 0. The van der Waals surface area contributed by atoms with E-state index in [1.54, 1.807) is 0 Å². The second-order valence-electron chi connectivity index (χ2n) is 3.69. The Balaban J connectivity index is 2.24. The van der Waals surface area contributed by atoms with E-state index in [4.69, 9.17) is 10.6 Å². The Bertz CT molecular complexity index is 404. The van der Waals surface area contributed by atoms with Crippen LogP contribution in [-0.4, -0.2) is 18.4 Å². The maximum Gasteiger partial charge on any atom is 0.145 e. The molecule has 1 heterocycles. The van der Waals surface area contributed by atoms with Gasteiger partial charge < -0.3 is 10.6 Å². The summed E-state index contributed by atoms with van der Waals surface area (Å²) in [5.41, 5.74) is 8.81. The number of aryl methyl sites for hydroxylation is 1. The minimum Gasteiger partial charge on any atom is -0.390 e. The maximum absolute atomic E-state index is 5.53. The molecular formula is C11H13BrN2O. The first-order valence-electron chi connectivity index (χ1n) is 4.90. The standard InChI is InChI=1S/C11H13BrN2O/c1-7-2-3-9(10(12)4-7)11-5-8(6-13)15-14-11/h2-4,8H,5-6,13H2,1H3. The fourth-order valence-electron chi connectivity index (χ4n) is 1.57. The number of benzene rings is 1. The predicted octanol–water partition coefficient (Wildman–Crippen LogP) is 2.21. The Hall–Kier alpha value is -0.870. The molecule has 0 amide bonds. The quantitative estimate of drug-likeness (QED) is 0.894. The second kappa shape index (κ2) is 4.33. The third kappa shape index (κ3) is 2.21. The summed E-state index contributed by atoms with van der Waals surface area (Å²) < 4.78 is 1.06. The van der Waals surface area contributed by atoms with E-state index in [0.717, 1.165) is 22.2 Å². The number of oxime groups is 1. The minimum absolute atomic E-state index is 0.0354. The molecule has 4 heteroatoms. The molecule has 0 aliphatic carbocycles. The topological polar surface area (TPSA) is 47.6 Å². The highest BCUT2D eigenvalue weighted by Gasteiger charge is 2.21. The van der Waals surface area contributed by atoms with Crippen molar-refractivity contribution in [3.8, 4) is 0 Å². The van der Waals surface area contributed by atoms with Crippen molar-refractivity contribution in [2.75, 3.05) is 6.54 Å². The Labute approximate surface area is 97.4 Å². The van der Waals surface area contributed by atoms with Crippen LogP contribution in [0.2, 0.25) is 0 Å². The average molecular weight is 269 g/mol. The van der Waals surface area contributed by atoms with Crippen LogP contribution in [0, 0.1) is 6.92 Å². The molecule has 3 nitrogen and oxygen atoms in total. The first-order valence-corrected chi connectivity index (χ1v) is 5.69. The third-order valence-electron chi connectivity index (χ3n) is 2.43. The number of hydrogen-bond donors (Lipinski definition) is 1. The van der Waals surface area contributed by atoms with Crippen LogP contribution in [0.4, 0.5) is 0 Å². The van der Waals surface area contributed by atoms with E-state index < -0.39 is 0 Å². The average Bonchev–Trinajstić information content (AvgIpc) is 2.66. The Morgan fingerprint density at radius 2 is 2.40 bits per heavy atom. The number of rotatable bonds is 2. The number of halogens is 1. The molecular weight excluding hydrogens is 256 g/mol. The van der Waals surface area contributed by atoms with Crippen molar-refractivity contribution in [3.63, 3.8) is 0 Å². The van der Waals surface area contributed by atoms with Crippen molar-refractivity contribution in [3.05, 3.63) is 33.8 Å². The Kier molecular flexibility index (Phi) is 3.07. The van der Waals surface area contributed by atoms with Crippen molar-refractivity contribution in [2.45, 2.75) is 19.4 Å². The van der Waals surface area contributed by atoms with Crippen LogP contribution in [0.5, 0.6) is 0 Å². The molecule has 2 N–H and O–H groups in total. The molecule has 1 aromatic rings. The second-order valence-corrected chi connectivity index (χ2v) is 4.54. The summed E-state index contributed by atoms with van der Waals surface area (Å²) in [5, 5.41) is 4.06. The lowest BCUT2D eigenvalue weighted by molar-refractivity contribution is 0.0918. The van der Waals surface area contributed by atoms with Crippen molar-refractivity contribution in [1.29, 1.82) is 0 Å². The van der Waals surface area contributed by atoms with E-state index in [2.05, 4.69) is 46.2 Å². The maximum atomic E-state index is 5.53. The molecule has 0 saturated heterocycles. The molecule has 1 atom stereocenters. The lowest BCUT2D eigenvalue weighted by atomic mass is 10.0. The molecule has 0 bridgehead atoms. The van der Waals surface area contributed by atoms with Gasteiger partial charge >= 0.3 is 0 Å². The predicted molar refractivity (Wildman–Crippen MR) is 64.0 cm³/mol. The van der Waals surface area contributed by atoms with Crippen LogP contribution < -0.4 is 5.73 Å². The number of nitrogens with two attached hydrogens (primary N) is 1. The van der Waals surface area contributed by atoms with Crippen molar-refractivity contribution in [2.24, 2.45) is 10.9 Å². The summed E-state index contributed by atoms with van der Waals surface area (Å²) in [6.45, 7) is 2.57. The fraction of sp³-hybridized carbons (Fsp3) is 0.364. The molecule has 1 unspecified atom stereocenters. The van der Waals surface area contributed by atoms with Gasteiger partial charge in [-0.15, -0.1) is 0 Å². The summed E-state index contributed by atoms with van der Waals surface area (Å²) in [6.07, 6.45) is 0.825. The van der Waals surface area contributed by atoms with Gasteiger partial charge in [0, 0.05) is 23.0 Å². The summed E-state index contributed by atoms with van der Waals surface area (Å²) in [5.74, 6) is 0. The molecule has 0 aromatic heterocycles. The molecule has 80 valence electrons. The van der Waals surface area contributed by atoms with Crippen molar-refractivity contribution >= 4 is 21.6 Å². The van der Waals surface area contributed by atoms with Gasteiger partial charge in [-0.1, -0.05) is 33.2 Å². The molecule has 1 aliphatic rings. The number of nitrogens with zero attached hydrogens (tertiary/aromatic N) is 1. The van der Waals surface area contributed by atoms with Gasteiger partial charge in [-0.3, -0.25) is 0 Å². The molecule has 1 aliphatic heterocycles. The van der Waals surface area contributed by atoms with Gasteiger partial charge in [0.15, 0.2) is 0 Å². The van der Waals surface area contributed by atoms with Gasteiger partial charge in [-0.2, -0.15) is 0 Å². The molecule has 0 spiro atoms. The van der Waals surface area contributed by atoms with Gasteiger partial charge in [0.25, 0.3) is 0 Å². The number of hydrogen-bond acceptors (Lipinski definition) is 3. The molecule has 15 heavy (non-hydrogen) atoms. The van der Waals surface area contributed by atoms with Gasteiger partial charge in [-0.25, -0.2) is 0 Å². The third-order valence-corrected chi connectivity index (χ3v) is 3.09. The first-order chi connectivity index (χ1) is 7.20. The van der Waals surface area contributed by atoms with E-state index in [1.807, 2.05) is 0 Å². The lowest BCUT2D eigenvalue weighted by Crippen LogP contribution is -2.20. The monoisotopic (exact) mass is 268 g/mol. The van der Waals surface area contributed by atoms with Crippen LogP contribution in [0.15, 0.2) is 27.8 Å². The summed E-state index contributed by atoms with van der Waals surface area (Å²) in [4.78, 5) is 5.20. The van der Waals surface area contributed by atoms with Crippen LogP contribution in [0.1, 0.15) is 17.5 Å². The van der Waals surface area contributed by atoms with Gasteiger partial charge in [-0.05, 0) is 18.6 Å². The highest BCUT2D eigenvalue weighted by molar-refractivity contribution is 9.10. The Morgan fingerprint density at radius 3 is 3.00 bits per heavy atom. The van der Waals surface area contributed by atoms with Crippen molar-refractivity contribution < 1.29 is 4.84 Å². The van der Waals surface area contributed by atoms with Crippen LogP contribution in [0.25, 0.3) is 0 Å². The molecule has 0 saturated carbocycles. The molecule has 2 rings (SSSR count). The zero-order chi connectivity index (χ0) is 10.8. The first kappa shape index (κ1) is 10.6. The van der Waals surface area contributed by atoms with Gasteiger partial charge in [0.2, 0.25) is 0 Å². The van der Waals surface area contributed by atoms with Crippen molar-refractivity contribution in [1.82, 2.24) is 0 Å². The molecule has 1 aromatic carbocycles. The molecule has 0 fully saturated rings. The smallest absolute Gasteiger partial charge is 0.145 e. The largest absolute Gasteiger partial charge is 0.390 e. The Morgan fingerprint density at radius 1 is 1.60 bits per heavy atom. The SMILES string of the molecule is Cc1ccc(C2=NOC(CN)C2)c(Br)c1. The van der Waals surface area contributed by atoms with Crippen LogP contribution >= 0.6 is 15.9 Å². The van der Waals surface area contributed by atoms with E-state index in [1.165, 1.54) is 5.56 Å². The fourth-order valence-corrected chi connectivity index (χ4v) is 2.29. The highest BCUT2D eigenvalue weighted by Crippen LogP contribution is 2.24. The van der Waals surface area contributed by atoms with Gasteiger partial charge in [0.1, 0.15) is 6.10 Å². The molecule has 0 radical (unpaired) electrons. The van der Waals surface area contributed by atoms with E-state index in [-0.39, 0.29) is 6.10 Å².